The number of nitrogens with two attached hydrogens (primary N) is 1. The van der Waals surface area contributed by atoms with E-state index in [2.05, 4.69) is 4.98 Å². The molecule has 19 heavy (non-hydrogen) atoms. The van der Waals surface area contributed by atoms with Crippen LogP contribution in [0.3, 0.4) is 0 Å². The lowest BCUT2D eigenvalue weighted by atomic mass is 9.65. The zero-order valence-electron chi connectivity index (χ0n) is 12.0. The van der Waals surface area contributed by atoms with Gasteiger partial charge in [0.2, 0.25) is 0 Å². The molecule has 0 radical (unpaired) electrons. The number of pyridine rings is 1. The van der Waals surface area contributed by atoms with Crippen molar-refractivity contribution in [3.8, 4) is 5.75 Å². The molecule has 1 aromatic heterocycles. The van der Waals surface area contributed by atoms with Gasteiger partial charge in [-0.2, -0.15) is 0 Å². The Kier molecular flexibility index (Phi) is 3.90. The summed E-state index contributed by atoms with van der Waals surface area (Å²) in [6.07, 6.45) is 5.07. The average molecular weight is 262 g/mol. The summed E-state index contributed by atoms with van der Waals surface area (Å²) < 4.78 is 5.37. The lowest BCUT2D eigenvalue weighted by Crippen LogP contribution is -2.45. The van der Waals surface area contributed by atoms with Crippen molar-refractivity contribution in [2.75, 3.05) is 13.7 Å². The minimum absolute atomic E-state index is 0.225. The van der Waals surface area contributed by atoms with E-state index in [4.69, 9.17) is 10.5 Å². The van der Waals surface area contributed by atoms with Crippen LogP contribution in [0.5, 0.6) is 5.75 Å². The van der Waals surface area contributed by atoms with Crippen LogP contribution in [-0.2, 0) is 11.2 Å². The Morgan fingerprint density at radius 1 is 1.47 bits per heavy atom. The van der Waals surface area contributed by atoms with Gasteiger partial charge in [0, 0.05) is 35.7 Å². The highest BCUT2D eigenvalue weighted by molar-refractivity contribution is 5.88. The molecule has 0 spiro atoms. The molecule has 1 heterocycles. The maximum atomic E-state index is 12.4. The summed E-state index contributed by atoms with van der Waals surface area (Å²) in [6.45, 7) is 4.36. The standard InChI is InChI=1S/C15H22N2O2/c1-10-8-17-12(11(2)14(10)19-3)7-13(18)15(9-16)5-4-6-15/h8H,4-7,9,16H2,1-3H3. The number of rotatable bonds is 5. The zero-order valence-corrected chi connectivity index (χ0v) is 12.0. The predicted octanol–water partition coefficient (Wildman–Crippen LogP) is 1.95. The maximum Gasteiger partial charge on any atom is 0.146 e. The maximum absolute atomic E-state index is 12.4. The number of carbonyl (C=O) groups excluding carboxylic acids is 1. The van der Waals surface area contributed by atoms with Crippen LogP contribution in [0.1, 0.15) is 36.1 Å². The largest absolute Gasteiger partial charge is 0.496 e. The SMILES string of the molecule is COc1c(C)cnc(CC(=O)C2(CN)CCC2)c1C. The van der Waals surface area contributed by atoms with Gasteiger partial charge >= 0.3 is 0 Å². The lowest BCUT2D eigenvalue weighted by Gasteiger charge is -2.39. The second-order valence-electron chi connectivity index (χ2n) is 5.48. The molecule has 0 aromatic carbocycles. The molecule has 2 rings (SSSR count). The van der Waals surface area contributed by atoms with Crippen LogP contribution in [0.2, 0.25) is 0 Å². The number of nitrogens with zero attached hydrogens (tertiary/aromatic N) is 1. The molecule has 2 N–H and O–H groups in total. The highest BCUT2D eigenvalue weighted by atomic mass is 16.5. The molecule has 0 atom stereocenters. The third-order valence-electron chi connectivity index (χ3n) is 4.37. The summed E-state index contributed by atoms with van der Waals surface area (Å²) in [5.74, 6) is 1.05. The monoisotopic (exact) mass is 262 g/mol. The molecule has 0 bridgehead atoms. The minimum atomic E-state index is -0.285. The van der Waals surface area contributed by atoms with Gasteiger partial charge in [-0.1, -0.05) is 6.42 Å². The number of carbonyl (C=O) groups is 1. The summed E-state index contributed by atoms with van der Waals surface area (Å²) in [6, 6.07) is 0. The first-order valence-electron chi connectivity index (χ1n) is 6.76. The van der Waals surface area contributed by atoms with Crippen molar-refractivity contribution in [2.45, 2.75) is 39.5 Å². The van der Waals surface area contributed by atoms with Crippen LogP contribution in [0.4, 0.5) is 0 Å². The van der Waals surface area contributed by atoms with Crippen LogP contribution in [0, 0.1) is 19.3 Å². The van der Waals surface area contributed by atoms with E-state index in [-0.39, 0.29) is 11.2 Å². The number of methoxy groups -OCH3 is 1. The number of hydrogen-bond acceptors (Lipinski definition) is 4. The molecular formula is C15H22N2O2. The fourth-order valence-electron chi connectivity index (χ4n) is 2.79. The quantitative estimate of drug-likeness (QED) is 0.880. The van der Waals surface area contributed by atoms with Gasteiger partial charge in [-0.05, 0) is 26.7 Å². The second-order valence-corrected chi connectivity index (χ2v) is 5.48. The van der Waals surface area contributed by atoms with E-state index in [0.29, 0.717) is 13.0 Å². The number of aromatic nitrogens is 1. The topological polar surface area (TPSA) is 65.2 Å². The van der Waals surface area contributed by atoms with E-state index in [1.54, 1.807) is 13.3 Å². The molecule has 104 valence electrons. The van der Waals surface area contributed by atoms with Gasteiger partial charge in [-0.3, -0.25) is 9.78 Å². The third-order valence-corrected chi connectivity index (χ3v) is 4.37. The molecule has 4 heteroatoms. The number of aryl methyl sites for hydroxylation is 1. The number of ether oxygens (including phenoxy) is 1. The van der Waals surface area contributed by atoms with Crippen LogP contribution < -0.4 is 10.5 Å². The smallest absolute Gasteiger partial charge is 0.146 e. The van der Waals surface area contributed by atoms with E-state index in [0.717, 1.165) is 41.8 Å². The van der Waals surface area contributed by atoms with E-state index >= 15 is 0 Å². The van der Waals surface area contributed by atoms with Gasteiger partial charge < -0.3 is 10.5 Å². The Labute approximate surface area is 114 Å². The van der Waals surface area contributed by atoms with Crippen molar-refractivity contribution in [1.82, 2.24) is 4.98 Å². The minimum Gasteiger partial charge on any atom is -0.496 e. The van der Waals surface area contributed by atoms with Gasteiger partial charge in [-0.25, -0.2) is 0 Å². The molecule has 0 saturated heterocycles. The summed E-state index contributed by atoms with van der Waals surface area (Å²) in [5, 5.41) is 0. The Balaban J connectivity index is 2.22. The van der Waals surface area contributed by atoms with Gasteiger partial charge in [0.05, 0.1) is 12.8 Å². The number of ketones is 1. The van der Waals surface area contributed by atoms with Crippen molar-refractivity contribution in [3.63, 3.8) is 0 Å². The van der Waals surface area contributed by atoms with Crippen molar-refractivity contribution >= 4 is 5.78 Å². The van der Waals surface area contributed by atoms with Crippen LogP contribution in [0.25, 0.3) is 0 Å². The normalized spacial score (nSPS) is 16.8. The lowest BCUT2D eigenvalue weighted by molar-refractivity contribution is -0.132. The molecule has 0 aliphatic heterocycles. The highest BCUT2D eigenvalue weighted by Crippen LogP contribution is 2.41. The van der Waals surface area contributed by atoms with E-state index in [9.17, 15) is 4.79 Å². The fraction of sp³-hybridized carbons (Fsp3) is 0.600. The average Bonchev–Trinajstić information content (AvgIpc) is 2.33. The van der Waals surface area contributed by atoms with Crippen LogP contribution in [0.15, 0.2) is 6.20 Å². The Hall–Kier alpha value is -1.42. The van der Waals surface area contributed by atoms with Gasteiger partial charge in [0.15, 0.2) is 0 Å². The first-order chi connectivity index (χ1) is 9.04. The number of hydrogen-bond donors (Lipinski definition) is 1. The van der Waals surface area contributed by atoms with Crippen molar-refractivity contribution in [3.05, 3.63) is 23.0 Å². The Bertz CT molecular complexity index is 488. The first-order valence-corrected chi connectivity index (χ1v) is 6.76. The van der Waals surface area contributed by atoms with Crippen LogP contribution >= 0.6 is 0 Å². The molecule has 1 saturated carbocycles. The fourth-order valence-corrected chi connectivity index (χ4v) is 2.79. The molecular weight excluding hydrogens is 240 g/mol. The van der Waals surface area contributed by atoms with Crippen molar-refractivity contribution < 1.29 is 9.53 Å². The molecule has 1 aliphatic carbocycles. The summed E-state index contributed by atoms with van der Waals surface area (Å²) >= 11 is 0. The van der Waals surface area contributed by atoms with Gasteiger partial charge in [0.1, 0.15) is 11.5 Å². The molecule has 4 nitrogen and oxygen atoms in total. The highest BCUT2D eigenvalue weighted by Gasteiger charge is 2.42. The van der Waals surface area contributed by atoms with Gasteiger partial charge in [-0.15, -0.1) is 0 Å². The third kappa shape index (κ3) is 2.37. The molecule has 1 aliphatic rings. The van der Waals surface area contributed by atoms with Crippen molar-refractivity contribution in [1.29, 1.82) is 0 Å². The summed E-state index contributed by atoms with van der Waals surface area (Å²) in [5.41, 5.74) is 8.26. The van der Waals surface area contributed by atoms with Gasteiger partial charge in [0.25, 0.3) is 0 Å². The zero-order chi connectivity index (χ0) is 14.0. The van der Waals surface area contributed by atoms with E-state index in [1.165, 1.54) is 0 Å². The molecule has 1 aromatic rings. The second kappa shape index (κ2) is 5.29. The van der Waals surface area contributed by atoms with E-state index in [1.807, 2.05) is 13.8 Å². The molecule has 1 fully saturated rings. The predicted molar refractivity (Wildman–Crippen MR) is 74.3 cm³/mol. The van der Waals surface area contributed by atoms with E-state index < -0.39 is 0 Å². The Morgan fingerprint density at radius 2 is 2.16 bits per heavy atom. The Morgan fingerprint density at radius 3 is 2.63 bits per heavy atom. The molecule has 0 unspecified atom stereocenters. The number of Topliss-reactive ketones (excluding diaryl/α,β-unsaturated/α-hetero) is 1. The summed E-state index contributed by atoms with van der Waals surface area (Å²) in [7, 11) is 1.65. The summed E-state index contributed by atoms with van der Waals surface area (Å²) in [4.78, 5) is 16.8. The molecule has 0 amide bonds. The first kappa shape index (κ1) is 14.0. The van der Waals surface area contributed by atoms with Crippen molar-refractivity contribution in [2.24, 2.45) is 11.1 Å². The van der Waals surface area contributed by atoms with Crippen LogP contribution in [-0.4, -0.2) is 24.4 Å².